The van der Waals surface area contributed by atoms with Crippen LogP contribution in [0.15, 0.2) is 71.0 Å². The van der Waals surface area contributed by atoms with Crippen molar-refractivity contribution in [1.29, 1.82) is 5.26 Å². The number of hydrogen-bond acceptors (Lipinski definition) is 4. The summed E-state index contributed by atoms with van der Waals surface area (Å²) < 4.78 is 5.11. The van der Waals surface area contributed by atoms with Crippen molar-refractivity contribution in [3.05, 3.63) is 87.7 Å². The van der Waals surface area contributed by atoms with E-state index in [1.165, 1.54) is 84.2 Å². The smallest absolute Gasteiger partial charge is 0.299 e. The number of nitrogens with zero attached hydrogens (tertiary/aromatic N) is 2. The summed E-state index contributed by atoms with van der Waals surface area (Å²) in [5.74, 6) is 0.0797. The number of anilines is 2. The fraction of sp³-hybridized carbons (Fsp3) is 0.535. The molecule has 0 atom stereocenters. The lowest BCUT2D eigenvalue weighted by atomic mass is 9.87. The number of carbonyl (C=O) groups is 1. The maximum Gasteiger partial charge on any atom is 0.299 e. The average Bonchev–Trinajstić information content (AvgIpc) is 3.24. The lowest BCUT2D eigenvalue weighted by Crippen LogP contribution is -2.19. The van der Waals surface area contributed by atoms with Gasteiger partial charge < -0.3 is 9.64 Å². The quantitative estimate of drug-likeness (QED) is 0.0424. The van der Waals surface area contributed by atoms with Gasteiger partial charge in [0.1, 0.15) is 6.07 Å². The molecule has 1 aliphatic rings. The van der Waals surface area contributed by atoms with Gasteiger partial charge in [0.2, 0.25) is 5.76 Å². The van der Waals surface area contributed by atoms with Crippen LogP contribution in [0, 0.1) is 11.3 Å². The van der Waals surface area contributed by atoms with Crippen LogP contribution in [0.3, 0.4) is 0 Å². The third-order valence-corrected chi connectivity index (χ3v) is 9.41. The molecule has 0 aliphatic carbocycles. The van der Waals surface area contributed by atoms with Crippen molar-refractivity contribution in [1.82, 2.24) is 0 Å². The first-order valence-corrected chi connectivity index (χ1v) is 18.7. The van der Waals surface area contributed by atoms with Crippen LogP contribution >= 0.6 is 0 Å². The van der Waals surface area contributed by atoms with Crippen molar-refractivity contribution in [3.8, 4) is 6.07 Å². The SMILES string of the molecule is CCCCCCN1c2ccccc2CCc2cc(/C=C(CCCCC)/C(CCCCC)=C(/C=C(/C#N)OC=O)CCCCC)ccc21. The van der Waals surface area contributed by atoms with Crippen molar-refractivity contribution >= 4 is 23.9 Å². The van der Waals surface area contributed by atoms with Gasteiger partial charge in [0, 0.05) is 17.9 Å². The molecule has 0 spiro atoms. The molecule has 0 amide bonds. The summed E-state index contributed by atoms with van der Waals surface area (Å²) in [5.41, 5.74) is 10.7. The molecule has 2 aromatic rings. The van der Waals surface area contributed by atoms with Crippen molar-refractivity contribution in [2.75, 3.05) is 11.4 Å². The Morgan fingerprint density at radius 3 is 2.11 bits per heavy atom. The van der Waals surface area contributed by atoms with E-state index < -0.39 is 0 Å². The van der Waals surface area contributed by atoms with Crippen LogP contribution in [0.4, 0.5) is 11.4 Å². The van der Waals surface area contributed by atoms with Crippen LogP contribution < -0.4 is 4.90 Å². The van der Waals surface area contributed by atoms with E-state index in [1.54, 1.807) is 0 Å². The third kappa shape index (κ3) is 12.2. The lowest BCUT2D eigenvalue weighted by molar-refractivity contribution is -0.124. The predicted octanol–water partition coefficient (Wildman–Crippen LogP) is 12.5. The Hall–Kier alpha value is -3.58. The van der Waals surface area contributed by atoms with Crippen LogP contribution in [0.5, 0.6) is 0 Å². The zero-order valence-corrected chi connectivity index (χ0v) is 29.9. The van der Waals surface area contributed by atoms with Crippen LogP contribution in [-0.2, 0) is 22.4 Å². The summed E-state index contributed by atoms with van der Waals surface area (Å²) >= 11 is 0. The first-order valence-electron chi connectivity index (χ1n) is 18.7. The summed E-state index contributed by atoms with van der Waals surface area (Å²) in [6.07, 6.45) is 24.4. The Bertz CT molecular complexity index is 1380. The standard InChI is InChI=1S/C43H60N2O2/c1-5-9-13-19-29-45-42-24-18-17-20-36(42)26-27-39-31-35(25-28-43(39)45)30-37(21-14-10-6-2)41(23-16-12-8-4)38(22-15-11-7-3)32-40(33-44)47-34-46/h17-18,20,24-25,28,30-32,34H,5-16,19,21-23,26-27,29H2,1-4H3/b37-30+,40-32-,41-38+. The second-order valence-corrected chi connectivity index (χ2v) is 13.1. The maximum absolute atomic E-state index is 11.2. The Morgan fingerprint density at radius 2 is 1.40 bits per heavy atom. The van der Waals surface area contributed by atoms with Gasteiger partial charge in [-0.15, -0.1) is 0 Å². The predicted molar refractivity (Wildman–Crippen MR) is 200 cm³/mol. The summed E-state index contributed by atoms with van der Waals surface area (Å²) in [6, 6.07) is 18.2. The highest BCUT2D eigenvalue weighted by Gasteiger charge is 2.21. The van der Waals surface area contributed by atoms with Gasteiger partial charge in [-0.25, -0.2) is 0 Å². The minimum atomic E-state index is 0.0797. The molecule has 0 saturated heterocycles. The van der Waals surface area contributed by atoms with Gasteiger partial charge in [-0.05, 0) is 115 Å². The van der Waals surface area contributed by atoms with Crippen LogP contribution in [0.2, 0.25) is 0 Å². The molecule has 0 N–H and O–H groups in total. The number of allylic oxidation sites excluding steroid dienone is 5. The zero-order chi connectivity index (χ0) is 33.7. The molecule has 4 nitrogen and oxygen atoms in total. The Morgan fingerprint density at radius 1 is 0.766 bits per heavy atom. The van der Waals surface area contributed by atoms with Crippen LogP contribution in [0.25, 0.3) is 6.08 Å². The highest BCUT2D eigenvalue weighted by Crippen LogP contribution is 2.38. The van der Waals surface area contributed by atoms with Gasteiger partial charge >= 0.3 is 0 Å². The average molecular weight is 637 g/mol. The van der Waals surface area contributed by atoms with Crippen molar-refractivity contribution < 1.29 is 9.53 Å². The van der Waals surface area contributed by atoms with E-state index >= 15 is 0 Å². The summed E-state index contributed by atoms with van der Waals surface area (Å²) in [4.78, 5) is 13.8. The molecular formula is C43H60N2O2. The fourth-order valence-electron chi connectivity index (χ4n) is 6.82. The minimum absolute atomic E-state index is 0.0797. The van der Waals surface area contributed by atoms with E-state index in [-0.39, 0.29) is 5.76 Å². The normalized spacial score (nSPS) is 13.7. The van der Waals surface area contributed by atoms with Gasteiger partial charge in [-0.3, -0.25) is 4.79 Å². The molecule has 2 aromatic carbocycles. The van der Waals surface area contributed by atoms with E-state index in [0.29, 0.717) is 6.47 Å². The molecule has 0 radical (unpaired) electrons. The monoisotopic (exact) mass is 636 g/mol. The Kier molecular flexibility index (Phi) is 17.8. The summed E-state index contributed by atoms with van der Waals surface area (Å²) in [5, 5.41) is 9.78. The molecule has 3 rings (SSSR count). The Balaban J connectivity index is 2.14. The van der Waals surface area contributed by atoms with Gasteiger partial charge in [-0.1, -0.05) is 116 Å². The highest BCUT2D eigenvalue weighted by atomic mass is 16.5. The third-order valence-electron chi connectivity index (χ3n) is 9.41. The minimum Gasteiger partial charge on any atom is -0.417 e. The number of hydrogen-bond donors (Lipinski definition) is 0. The molecule has 0 bridgehead atoms. The largest absolute Gasteiger partial charge is 0.417 e. The molecule has 0 fully saturated rings. The van der Waals surface area contributed by atoms with Gasteiger partial charge in [0.25, 0.3) is 6.47 Å². The van der Waals surface area contributed by atoms with E-state index in [9.17, 15) is 10.1 Å². The van der Waals surface area contributed by atoms with Crippen LogP contribution in [0.1, 0.15) is 147 Å². The molecule has 1 heterocycles. The lowest BCUT2D eigenvalue weighted by Gasteiger charge is -2.27. The van der Waals surface area contributed by atoms with E-state index in [2.05, 4.69) is 87.2 Å². The molecule has 47 heavy (non-hydrogen) atoms. The fourth-order valence-corrected chi connectivity index (χ4v) is 6.82. The van der Waals surface area contributed by atoms with Crippen LogP contribution in [-0.4, -0.2) is 13.0 Å². The number of ether oxygens (including phenoxy) is 1. The zero-order valence-electron chi connectivity index (χ0n) is 29.9. The first kappa shape index (κ1) is 37.9. The number of benzene rings is 2. The first-order chi connectivity index (χ1) is 23.1. The molecular weight excluding hydrogens is 576 g/mol. The van der Waals surface area contributed by atoms with Crippen molar-refractivity contribution in [3.63, 3.8) is 0 Å². The molecule has 4 heteroatoms. The highest BCUT2D eigenvalue weighted by molar-refractivity contribution is 5.73. The van der Waals surface area contributed by atoms with E-state index in [1.807, 2.05) is 6.08 Å². The number of para-hydroxylation sites is 1. The maximum atomic E-state index is 11.2. The second kappa shape index (κ2) is 22.1. The number of rotatable bonds is 22. The number of carbonyl (C=O) groups excluding carboxylic acids is 1. The molecule has 254 valence electrons. The number of fused-ring (bicyclic) bond motifs is 2. The number of nitriles is 1. The summed E-state index contributed by atoms with van der Waals surface area (Å²) in [6.45, 7) is 10.4. The second-order valence-electron chi connectivity index (χ2n) is 13.1. The van der Waals surface area contributed by atoms with E-state index in [0.717, 1.165) is 82.7 Å². The van der Waals surface area contributed by atoms with Crippen molar-refractivity contribution in [2.24, 2.45) is 0 Å². The molecule has 0 unspecified atom stereocenters. The topological polar surface area (TPSA) is 53.3 Å². The Labute approximate surface area is 286 Å². The molecule has 1 aliphatic heterocycles. The molecule has 0 saturated carbocycles. The summed E-state index contributed by atoms with van der Waals surface area (Å²) in [7, 11) is 0. The number of unbranched alkanes of at least 4 members (excludes halogenated alkanes) is 9. The van der Waals surface area contributed by atoms with E-state index in [4.69, 9.17) is 4.74 Å². The van der Waals surface area contributed by atoms with Crippen molar-refractivity contribution in [2.45, 2.75) is 143 Å². The van der Waals surface area contributed by atoms with Gasteiger partial charge in [0.15, 0.2) is 0 Å². The number of aryl methyl sites for hydroxylation is 2. The van der Waals surface area contributed by atoms with Gasteiger partial charge in [-0.2, -0.15) is 5.26 Å². The van der Waals surface area contributed by atoms with Gasteiger partial charge in [0.05, 0.1) is 0 Å². The molecule has 0 aromatic heterocycles.